The summed E-state index contributed by atoms with van der Waals surface area (Å²) in [5, 5.41) is 0. The third kappa shape index (κ3) is 5.21. The van der Waals surface area contributed by atoms with Gasteiger partial charge in [0.1, 0.15) is 0 Å². The van der Waals surface area contributed by atoms with Crippen molar-refractivity contribution in [3.05, 3.63) is 30.3 Å². The Morgan fingerprint density at radius 2 is 2.00 bits per heavy atom. The third-order valence-corrected chi connectivity index (χ3v) is 3.08. The second-order valence-corrected chi connectivity index (χ2v) is 4.25. The van der Waals surface area contributed by atoms with Crippen LogP contribution < -0.4 is 0 Å². The van der Waals surface area contributed by atoms with Gasteiger partial charge in [-0.15, -0.1) is 11.8 Å². The van der Waals surface area contributed by atoms with Crippen LogP contribution in [-0.2, 0) is 9.47 Å². The zero-order chi connectivity index (χ0) is 10.9. The molecule has 0 radical (unpaired) electrons. The summed E-state index contributed by atoms with van der Waals surface area (Å²) in [5.41, 5.74) is 0. The SMILES string of the molecule is CCOC(COC)CSc1ccccc1. The Hall–Kier alpha value is -0.510. The lowest BCUT2D eigenvalue weighted by molar-refractivity contribution is 0.0183. The summed E-state index contributed by atoms with van der Waals surface area (Å²) in [7, 11) is 1.71. The summed E-state index contributed by atoms with van der Waals surface area (Å²) in [6.07, 6.45) is 0.185. The van der Waals surface area contributed by atoms with Crippen molar-refractivity contribution in [3.63, 3.8) is 0 Å². The Kier molecular flexibility index (Phi) is 6.48. The standard InChI is InChI=1S/C12H18O2S/c1-3-14-11(9-13-2)10-15-12-7-5-4-6-8-12/h4-8,11H,3,9-10H2,1-2H3. The van der Waals surface area contributed by atoms with Gasteiger partial charge in [0.25, 0.3) is 0 Å². The maximum Gasteiger partial charge on any atom is 0.0901 e. The van der Waals surface area contributed by atoms with Gasteiger partial charge in [-0.25, -0.2) is 0 Å². The lowest BCUT2D eigenvalue weighted by atomic mass is 10.4. The highest BCUT2D eigenvalue weighted by Crippen LogP contribution is 2.18. The van der Waals surface area contributed by atoms with E-state index >= 15 is 0 Å². The molecule has 0 aromatic heterocycles. The molecule has 0 fully saturated rings. The predicted molar refractivity (Wildman–Crippen MR) is 64.5 cm³/mol. The molecule has 0 aliphatic heterocycles. The molecule has 1 unspecified atom stereocenters. The average molecular weight is 226 g/mol. The molecule has 1 aromatic carbocycles. The zero-order valence-electron chi connectivity index (χ0n) is 9.31. The van der Waals surface area contributed by atoms with Gasteiger partial charge >= 0.3 is 0 Å². The number of hydrogen-bond acceptors (Lipinski definition) is 3. The number of thioether (sulfide) groups is 1. The molecule has 0 amide bonds. The molecule has 0 aliphatic rings. The first-order chi connectivity index (χ1) is 7.36. The number of methoxy groups -OCH3 is 1. The molecule has 15 heavy (non-hydrogen) atoms. The normalized spacial score (nSPS) is 12.7. The van der Waals surface area contributed by atoms with Crippen LogP contribution in [0.2, 0.25) is 0 Å². The van der Waals surface area contributed by atoms with Gasteiger partial charge in [0.05, 0.1) is 12.7 Å². The molecule has 1 aromatic rings. The van der Waals surface area contributed by atoms with Gasteiger partial charge in [-0.05, 0) is 19.1 Å². The minimum absolute atomic E-state index is 0.185. The molecule has 3 heteroatoms. The number of benzene rings is 1. The highest BCUT2D eigenvalue weighted by atomic mass is 32.2. The molecule has 0 N–H and O–H groups in total. The molecule has 0 heterocycles. The monoisotopic (exact) mass is 226 g/mol. The van der Waals surface area contributed by atoms with Gasteiger partial charge in [0.2, 0.25) is 0 Å². The van der Waals surface area contributed by atoms with Crippen LogP contribution in [0.1, 0.15) is 6.92 Å². The fraction of sp³-hybridized carbons (Fsp3) is 0.500. The molecule has 0 saturated carbocycles. The van der Waals surface area contributed by atoms with Crippen LogP contribution in [0.5, 0.6) is 0 Å². The predicted octanol–water partition coefficient (Wildman–Crippen LogP) is 2.83. The van der Waals surface area contributed by atoms with Crippen molar-refractivity contribution < 1.29 is 9.47 Å². The van der Waals surface area contributed by atoms with E-state index in [2.05, 4.69) is 12.1 Å². The Morgan fingerprint density at radius 1 is 1.27 bits per heavy atom. The summed E-state index contributed by atoms with van der Waals surface area (Å²) in [5.74, 6) is 0.936. The van der Waals surface area contributed by atoms with Crippen LogP contribution in [-0.4, -0.2) is 32.2 Å². The van der Waals surface area contributed by atoms with Crippen molar-refractivity contribution in [2.75, 3.05) is 26.1 Å². The first-order valence-corrected chi connectivity index (χ1v) is 6.13. The third-order valence-electron chi connectivity index (χ3n) is 1.93. The number of hydrogen-bond donors (Lipinski definition) is 0. The molecular formula is C12H18O2S. The van der Waals surface area contributed by atoms with E-state index < -0.39 is 0 Å². The number of ether oxygens (including phenoxy) is 2. The van der Waals surface area contributed by atoms with Crippen molar-refractivity contribution in [1.29, 1.82) is 0 Å². The van der Waals surface area contributed by atoms with E-state index in [-0.39, 0.29) is 6.10 Å². The number of rotatable bonds is 7. The summed E-state index contributed by atoms with van der Waals surface area (Å²) in [6, 6.07) is 10.4. The van der Waals surface area contributed by atoms with Crippen molar-refractivity contribution in [3.8, 4) is 0 Å². The van der Waals surface area contributed by atoms with E-state index in [1.807, 2.05) is 25.1 Å². The van der Waals surface area contributed by atoms with Crippen LogP contribution in [0.3, 0.4) is 0 Å². The molecule has 0 bridgehead atoms. The maximum atomic E-state index is 5.56. The van der Waals surface area contributed by atoms with E-state index in [0.29, 0.717) is 6.61 Å². The Labute approximate surface area is 96.0 Å². The second kappa shape index (κ2) is 7.74. The van der Waals surface area contributed by atoms with Crippen LogP contribution >= 0.6 is 11.8 Å². The molecular weight excluding hydrogens is 208 g/mol. The second-order valence-electron chi connectivity index (χ2n) is 3.16. The van der Waals surface area contributed by atoms with Crippen LogP contribution in [0.25, 0.3) is 0 Å². The van der Waals surface area contributed by atoms with E-state index in [9.17, 15) is 0 Å². The maximum absolute atomic E-state index is 5.56. The summed E-state index contributed by atoms with van der Waals surface area (Å²) in [4.78, 5) is 1.28. The van der Waals surface area contributed by atoms with Gasteiger partial charge in [-0.1, -0.05) is 18.2 Å². The highest BCUT2D eigenvalue weighted by molar-refractivity contribution is 7.99. The van der Waals surface area contributed by atoms with Gasteiger partial charge in [0.15, 0.2) is 0 Å². The quantitative estimate of drug-likeness (QED) is 0.666. The van der Waals surface area contributed by atoms with Crippen LogP contribution in [0, 0.1) is 0 Å². The molecule has 84 valence electrons. The fourth-order valence-electron chi connectivity index (χ4n) is 1.27. The first kappa shape index (κ1) is 12.6. The van der Waals surface area contributed by atoms with Crippen LogP contribution in [0.15, 0.2) is 35.2 Å². The van der Waals surface area contributed by atoms with E-state index in [0.717, 1.165) is 12.4 Å². The molecule has 1 rings (SSSR count). The van der Waals surface area contributed by atoms with Gasteiger partial charge in [-0.2, -0.15) is 0 Å². The molecule has 0 aliphatic carbocycles. The Balaban J connectivity index is 2.33. The average Bonchev–Trinajstić information content (AvgIpc) is 2.28. The molecule has 1 atom stereocenters. The Morgan fingerprint density at radius 3 is 2.60 bits per heavy atom. The lowest BCUT2D eigenvalue weighted by Crippen LogP contribution is -2.21. The lowest BCUT2D eigenvalue weighted by Gasteiger charge is -2.15. The van der Waals surface area contributed by atoms with Crippen molar-refractivity contribution >= 4 is 11.8 Å². The van der Waals surface area contributed by atoms with Crippen molar-refractivity contribution in [2.45, 2.75) is 17.9 Å². The van der Waals surface area contributed by atoms with Crippen LogP contribution in [0.4, 0.5) is 0 Å². The summed E-state index contributed by atoms with van der Waals surface area (Å²) < 4.78 is 10.7. The molecule has 0 saturated heterocycles. The van der Waals surface area contributed by atoms with Gasteiger partial charge in [0, 0.05) is 24.4 Å². The van der Waals surface area contributed by atoms with E-state index in [1.165, 1.54) is 4.90 Å². The first-order valence-electron chi connectivity index (χ1n) is 5.15. The molecule has 0 spiro atoms. The van der Waals surface area contributed by atoms with Gasteiger partial charge < -0.3 is 9.47 Å². The van der Waals surface area contributed by atoms with Crippen molar-refractivity contribution in [2.24, 2.45) is 0 Å². The minimum Gasteiger partial charge on any atom is -0.382 e. The summed E-state index contributed by atoms with van der Waals surface area (Å²) >= 11 is 1.80. The topological polar surface area (TPSA) is 18.5 Å². The van der Waals surface area contributed by atoms with E-state index in [4.69, 9.17) is 9.47 Å². The largest absolute Gasteiger partial charge is 0.382 e. The summed E-state index contributed by atoms with van der Waals surface area (Å²) in [6.45, 7) is 3.41. The minimum atomic E-state index is 0.185. The van der Waals surface area contributed by atoms with Crippen molar-refractivity contribution in [1.82, 2.24) is 0 Å². The highest BCUT2D eigenvalue weighted by Gasteiger charge is 2.08. The fourth-order valence-corrected chi connectivity index (χ4v) is 2.19. The van der Waals surface area contributed by atoms with E-state index in [1.54, 1.807) is 18.9 Å². The Bertz CT molecular complexity index is 245. The smallest absolute Gasteiger partial charge is 0.0901 e. The van der Waals surface area contributed by atoms with Gasteiger partial charge in [-0.3, -0.25) is 0 Å². The molecule has 2 nitrogen and oxygen atoms in total. The zero-order valence-corrected chi connectivity index (χ0v) is 10.1.